The van der Waals surface area contributed by atoms with E-state index in [0.29, 0.717) is 22.1 Å². The van der Waals surface area contributed by atoms with Crippen LogP contribution in [0.4, 0.5) is 13.2 Å². The summed E-state index contributed by atoms with van der Waals surface area (Å²) >= 11 is 1.13. The van der Waals surface area contributed by atoms with E-state index < -0.39 is 17.7 Å². The van der Waals surface area contributed by atoms with Crippen molar-refractivity contribution in [3.05, 3.63) is 35.4 Å². The quantitative estimate of drug-likeness (QED) is 0.829. The molecule has 1 fully saturated rings. The number of hydrogen-bond donors (Lipinski definition) is 1. The molecule has 0 radical (unpaired) electrons. The van der Waals surface area contributed by atoms with Gasteiger partial charge in [0.25, 0.3) is 0 Å². The van der Waals surface area contributed by atoms with Crippen LogP contribution in [0.2, 0.25) is 0 Å². The standard InChI is InChI=1S/C14H13F3O2S/c1-7(8-3-4-8)10-5-9(14(15,16)17)6-11(13(18)19)12(10)20-2/h5-6,8H,1,3-4H2,2H3,(H,18,19). The molecular weight excluding hydrogens is 289 g/mol. The number of benzene rings is 1. The van der Waals surface area contributed by atoms with Gasteiger partial charge >= 0.3 is 12.1 Å². The summed E-state index contributed by atoms with van der Waals surface area (Å²) in [6.07, 6.45) is -1.13. The summed E-state index contributed by atoms with van der Waals surface area (Å²) in [5.74, 6) is -1.18. The second kappa shape index (κ2) is 5.16. The molecule has 20 heavy (non-hydrogen) atoms. The summed E-state index contributed by atoms with van der Waals surface area (Å²) in [6.45, 7) is 3.85. The Morgan fingerprint density at radius 1 is 1.35 bits per heavy atom. The summed E-state index contributed by atoms with van der Waals surface area (Å²) in [4.78, 5) is 11.6. The molecule has 0 aliphatic heterocycles. The van der Waals surface area contributed by atoms with Crippen molar-refractivity contribution in [3.63, 3.8) is 0 Å². The number of carbonyl (C=O) groups is 1. The lowest BCUT2D eigenvalue weighted by Crippen LogP contribution is -2.10. The minimum Gasteiger partial charge on any atom is -0.478 e. The van der Waals surface area contributed by atoms with Gasteiger partial charge in [-0.25, -0.2) is 4.79 Å². The lowest BCUT2D eigenvalue weighted by atomic mass is 9.97. The first-order valence-corrected chi connectivity index (χ1v) is 7.20. The van der Waals surface area contributed by atoms with Gasteiger partial charge in [0, 0.05) is 4.90 Å². The number of alkyl halides is 3. The molecule has 0 bridgehead atoms. The fraction of sp³-hybridized carbons (Fsp3) is 0.357. The fourth-order valence-electron chi connectivity index (χ4n) is 2.06. The van der Waals surface area contributed by atoms with Crippen molar-refractivity contribution in [3.8, 4) is 0 Å². The Labute approximate surface area is 118 Å². The summed E-state index contributed by atoms with van der Waals surface area (Å²) in [5.41, 5.74) is -0.344. The van der Waals surface area contributed by atoms with E-state index in [1.54, 1.807) is 6.26 Å². The van der Waals surface area contributed by atoms with E-state index in [2.05, 4.69) is 6.58 Å². The number of rotatable bonds is 4. The normalized spacial score (nSPS) is 15.2. The van der Waals surface area contributed by atoms with Crippen LogP contribution in [0.15, 0.2) is 23.6 Å². The average Bonchev–Trinajstić information content (AvgIpc) is 3.19. The molecule has 0 atom stereocenters. The van der Waals surface area contributed by atoms with E-state index in [1.165, 1.54) is 0 Å². The Kier molecular flexibility index (Phi) is 3.86. The number of hydrogen-bond acceptors (Lipinski definition) is 2. The van der Waals surface area contributed by atoms with Crippen LogP contribution in [0.3, 0.4) is 0 Å². The molecule has 6 heteroatoms. The molecule has 0 heterocycles. The van der Waals surface area contributed by atoms with Gasteiger partial charge in [-0.1, -0.05) is 6.58 Å². The number of carboxylic acids is 1. The first-order chi connectivity index (χ1) is 9.25. The second-order valence-electron chi connectivity index (χ2n) is 4.71. The van der Waals surface area contributed by atoms with E-state index in [4.69, 9.17) is 5.11 Å². The molecule has 0 spiro atoms. The van der Waals surface area contributed by atoms with E-state index in [9.17, 15) is 18.0 Å². The van der Waals surface area contributed by atoms with Crippen LogP contribution >= 0.6 is 11.8 Å². The van der Waals surface area contributed by atoms with Crippen molar-refractivity contribution in [1.82, 2.24) is 0 Å². The monoisotopic (exact) mass is 302 g/mol. The molecule has 1 N–H and O–H groups in total. The molecule has 1 aliphatic rings. The van der Waals surface area contributed by atoms with Crippen molar-refractivity contribution in [1.29, 1.82) is 0 Å². The molecule has 1 aromatic carbocycles. The van der Waals surface area contributed by atoms with Gasteiger partial charge < -0.3 is 5.11 Å². The average molecular weight is 302 g/mol. The van der Waals surface area contributed by atoms with Gasteiger partial charge in [-0.3, -0.25) is 0 Å². The minimum atomic E-state index is -4.57. The van der Waals surface area contributed by atoms with Gasteiger partial charge in [-0.05, 0) is 48.3 Å². The second-order valence-corrected chi connectivity index (χ2v) is 5.52. The van der Waals surface area contributed by atoms with Gasteiger partial charge in [0.2, 0.25) is 0 Å². The topological polar surface area (TPSA) is 37.3 Å². The van der Waals surface area contributed by atoms with Crippen molar-refractivity contribution < 1.29 is 23.1 Å². The van der Waals surface area contributed by atoms with Gasteiger partial charge in [-0.15, -0.1) is 11.8 Å². The Balaban J connectivity index is 2.65. The van der Waals surface area contributed by atoms with Crippen LogP contribution in [0.1, 0.15) is 34.3 Å². The van der Waals surface area contributed by atoms with Crippen LogP contribution in [-0.2, 0) is 6.18 Å². The van der Waals surface area contributed by atoms with Crippen LogP contribution in [0.25, 0.3) is 5.57 Å². The van der Waals surface area contributed by atoms with Gasteiger partial charge in [-0.2, -0.15) is 13.2 Å². The van der Waals surface area contributed by atoms with Gasteiger partial charge in [0.1, 0.15) is 0 Å². The third-order valence-electron chi connectivity index (χ3n) is 3.27. The fourth-order valence-corrected chi connectivity index (χ4v) is 2.84. The highest BCUT2D eigenvalue weighted by molar-refractivity contribution is 7.98. The maximum atomic E-state index is 12.9. The Morgan fingerprint density at radius 2 is 1.90 bits per heavy atom. The maximum absolute atomic E-state index is 12.9. The molecular formula is C14H13F3O2S. The highest BCUT2D eigenvalue weighted by atomic mass is 32.2. The third kappa shape index (κ3) is 2.85. The Hall–Kier alpha value is -1.43. The number of carboxylic acid groups (broad SMARTS) is 1. The van der Waals surface area contributed by atoms with Crippen molar-refractivity contribution in [2.45, 2.75) is 23.9 Å². The highest BCUT2D eigenvalue weighted by Gasteiger charge is 2.35. The maximum Gasteiger partial charge on any atom is 0.416 e. The molecule has 0 unspecified atom stereocenters. The van der Waals surface area contributed by atoms with E-state index in [0.717, 1.165) is 30.7 Å². The van der Waals surface area contributed by atoms with Crippen LogP contribution in [0, 0.1) is 5.92 Å². The highest BCUT2D eigenvalue weighted by Crippen LogP contribution is 2.45. The molecule has 0 aromatic heterocycles. The molecule has 2 rings (SSSR count). The number of thioether (sulfide) groups is 1. The van der Waals surface area contributed by atoms with E-state index in [1.807, 2.05) is 0 Å². The number of aromatic carboxylic acids is 1. The number of allylic oxidation sites excluding steroid dienone is 1. The van der Waals surface area contributed by atoms with Crippen molar-refractivity contribution in [2.75, 3.05) is 6.26 Å². The van der Waals surface area contributed by atoms with Gasteiger partial charge in [0.05, 0.1) is 11.1 Å². The zero-order valence-electron chi connectivity index (χ0n) is 10.8. The molecule has 0 saturated heterocycles. The van der Waals surface area contributed by atoms with E-state index in [-0.39, 0.29) is 11.5 Å². The SMILES string of the molecule is C=C(c1cc(C(F)(F)F)cc(C(=O)O)c1SC)C1CC1. The lowest BCUT2D eigenvalue weighted by Gasteiger charge is -2.16. The van der Waals surface area contributed by atoms with Crippen LogP contribution in [-0.4, -0.2) is 17.3 Å². The largest absolute Gasteiger partial charge is 0.478 e. The molecule has 1 aliphatic carbocycles. The Bertz CT molecular complexity index is 575. The summed E-state index contributed by atoms with van der Waals surface area (Å²) in [6, 6.07) is 1.71. The van der Waals surface area contributed by atoms with Crippen molar-refractivity contribution in [2.24, 2.45) is 5.92 Å². The van der Waals surface area contributed by atoms with Gasteiger partial charge in [0.15, 0.2) is 0 Å². The summed E-state index contributed by atoms with van der Waals surface area (Å²) in [5, 5.41) is 9.14. The Morgan fingerprint density at radius 3 is 2.30 bits per heavy atom. The third-order valence-corrected chi connectivity index (χ3v) is 4.11. The lowest BCUT2D eigenvalue weighted by molar-refractivity contribution is -0.137. The molecule has 1 saturated carbocycles. The van der Waals surface area contributed by atoms with Crippen LogP contribution in [0.5, 0.6) is 0 Å². The number of halogens is 3. The molecule has 2 nitrogen and oxygen atoms in total. The first-order valence-electron chi connectivity index (χ1n) is 5.97. The minimum absolute atomic E-state index is 0.172. The summed E-state index contributed by atoms with van der Waals surface area (Å²) < 4.78 is 38.7. The molecule has 108 valence electrons. The first kappa shape index (κ1) is 15.0. The van der Waals surface area contributed by atoms with Crippen LogP contribution < -0.4 is 0 Å². The summed E-state index contributed by atoms with van der Waals surface area (Å²) in [7, 11) is 0. The molecule has 0 amide bonds. The zero-order valence-corrected chi connectivity index (χ0v) is 11.6. The smallest absolute Gasteiger partial charge is 0.416 e. The van der Waals surface area contributed by atoms with E-state index >= 15 is 0 Å². The molecule has 1 aromatic rings. The zero-order chi connectivity index (χ0) is 15.1. The predicted molar refractivity (Wildman–Crippen MR) is 71.9 cm³/mol. The van der Waals surface area contributed by atoms with Crippen molar-refractivity contribution >= 4 is 23.3 Å². The predicted octanol–water partition coefficient (Wildman–Crippen LogP) is 4.55.